The maximum Gasteiger partial charge on any atom is 0.337 e. The Bertz CT molecular complexity index is 1590. The molecule has 0 aliphatic carbocycles. The van der Waals surface area contributed by atoms with Crippen molar-refractivity contribution in [3.05, 3.63) is 107 Å². The molecule has 0 unspecified atom stereocenters. The monoisotopic (exact) mass is 537 g/mol. The van der Waals surface area contributed by atoms with E-state index in [1.165, 1.54) is 52.2 Å². The first-order chi connectivity index (χ1) is 18.2. The highest BCUT2D eigenvalue weighted by Crippen LogP contribution is 2.16. The van der Waals surface area contributed by atoms with Gasteiger partial charge in [-0.15, -0.1) is 5.10 Å². The fourth-order valence-corrected chi connectivity index (χ4v) is 4.76. The predicted molar refractivity (Wildman–Crippen MR) is 136 cm³/mol. The molecule has 38 heavy (non-hydrogen) atoms. The van der Waals surface area contributed by atoms with Crippen molar-refractivity contribution in [2.24, 2.45) is 0 Å². The Morgan fingerprint density at radius 2 is 1.79 bits per heavy atom. The van der Waals surface area contributed by atoms with Crippen LogP contribution < -0.4 is 4.72 Å². The minimum absolute atomic E-state index is 0.0184. The first kappa shape index (κ1) is 26.6. The van der Waals surface area contributed by atoms with Gasteiger partial charge >= 0.3 is 5.97 Å². The predicted octanol–water partition coefficient (Wildman–Crippen LogP) is 2.90. The van der Waals surface area contributed by atoms with E-state index in [0.29, 0.717) is 12.0 Å². The highest BCUT2D eigenvalue weighted by molar-refractivity contribution is 7.89. The smallest absolute Gasteiger partial charge is 0.337 e. The van der Waals surface area contributed by atoms with Crippen molar-refractivity contribution in [2.45, 2.75) is 17.9 Å². The fourth-order valence-electron chi connectivity index (χ4n) is 3.71. The summed E-state index contributed by atoms with van der Waals surface area (Å²) in [5, 5.41) is 17.2. The van der Waals surface area contributed by atoms with Crippen LogP contribution in [-0.2, 0) is 23.0 Å². The molecule has 1 heterocycles. The van der Waals surface area contributed by atoms with E-state index in [0.717, 1.165) is 0 Å². The second kappa shape index (κ2) is 11.3. The van der Waals surface area contributed by atoms with Crippen LogP contribution in [0.1, 0.15) is 32.0 Å². The number of carboxylic acids is 1. The van der Waals surface area contributed by atoms with Crippen molar-refractivity contribution in [1.82, 2.24) is 24.6 Å². The van der Waals surface area contributed by atoms with E-state index in [1.807, 2.05) is 0 Å². The van der Waals surface area contributed by atoms with Gasteiger partial charge in [0.05, 0.1) is 34.6 Å². The average Bonchev–Trinajstić information content (AvgIpc) is 3.40. The quantitative estimate of drug-likeness (QED) is 0.318. The van der Waals surface area contributed by atoms with Crippen LogP contribution in [-0.4, -0.2) is 58.9 Å². The van der Waals surface area contributed by atoms with E-state index in [2.05, 4.69) is 15.0 Å². The molecule has 10 nitrogen and oxygen atoms in total. The van der Waals surface area contributed by atoms with Crippen molar-refractivity contribution >= 4 is 21.9 Å². The lowest BCUT2D eigenvalue weighted by atomic mass is 10.1. The van der Waals surface area contributed by atoms with Crippen molar-refractivity contribution in [1.29, 1.82) is 0 Å². The molecule has 196 valence electrons. The number of sulfonamides is 1. The Morgan fingerprint density at radius 3 is 2.55 bits per heavy atom. The number of nitrogens with one attached hydrogen (secondary N) is 1. The maximum absolute atomic E-state index is 13.9. The van der Waals surface area contributed by atoms with Gasteiger partial charge in [0, 0.05) is 19.2 Å². The number of likely N-dealkylation sites (N-methyl/N-ethyl adjacent to an activating group) is 1. The third-order valence-corrected chi connectivity index (χ3v) is 7.18. The SMILES string of the molecule is CN(CCc1ccccc1F)C(=O)c1cccc(S(=O)(=O)NCc2cn(-c3ccccc3C(=O)O)nn2)c1. The summed E-state index contributed by atoms with van der Waals surface area (Å²) in [6, 6.07) is 18.1. The van der Waals surface area contributed by atoms with Crippen molar-refractivity contribution < 1.29 is 27.5 Å². The third-order valence-electron chi connectivity index (χ3n) is 5.78. The molecule has 0 saturated carbocycles. The second-order valence-corrected chi connectivity index (χ2v) is 10.2. The lowest BCUT2D eigenvalue weighted by Crippen LogP contribution is -2.29. The molecule has 2 N–H and O–H groups in total. The van der Waals surface area contributed by atoms with Gasteiger partial charge in [-0.2, -0.15) is 0 Å². The molecular formula is C26H24FN5O5S. The Morgan fingerprint density at radius 1 is 1.05 bits per heavy atom. The van der Waals surface area contributed by atoms with Gasteiger partial charge in [-0.3, -0.25) is 4.79 Å². The Balaban J connectivity index is 1.42. The standard InChI is InChI=1S/C26H24FN5O5S/c1-31(14-13-18-7-2-4-11-23(18)27)25(33)19-8-6-9-21(15-19)38(36,37)28-16-20-17-32(30-29-20)24-12-5-3-10-22(24)26(34)35/h2-12,15,17,28H,13-14,16H2,1H3,(H,34,35). The van der Waals surface area contributed by atoms with Gasteiger partial charge in [0.15, 0.2) is 0 Å². The highest BCUT2D eigenvalue weighted by atomic mass is 32.2. The first-order valence-corrected chi connectivity index (χ1v) is 13.0. The number of aromatic carboxylic acids is 1. The molecule has 4 aromatic rings. The third kappa shape index (κ3) is 6.10. The Hall–Kier alpha value is -4.42. The topological polar surface area (TPSA) is 134 Å². The van der Waals surface area contributed by atoms with Crippen LogP contribution in [0.5, 0.6) is 0 Å². The average molecular weight is 538 g/mol. The normalized spacial score (nSPS) is 11.3. The molecule has 0 radical (unpaired) electrons. The summed E-state index contributed by atoms with van der Waals surface area (Å²) in [6.07, 6.45) is 1.74. The summed E-state index contributed by atoms with van der Waals surface area (Å²) in [7, 11) is -2.46. The van der Waals surface area contributed by atoms with Gasteiger partial charge in [-0.1, -0.05) is 41.6 Å². The molecule has 0 bridgehead atoms. The Labute approximate surface area is 218 Å². The summed E-state index contributed by atoms with van der Waals surface area (Å²) in [6.45, 7) is 0.0357. The van der Waals surface area contributed by atoms with Crippen LogP contribution in [0.15, 0.2) is 83.9 Å². The zero-order valence-corrected chi connectivity index (χ0v) is 21.1. The van der Waals surface area contributed by atoms with Gasteiger partial charge in [0.2, 0.25) is 10.0 Å². The molecular weight excluding hydrogens is 513 g/mol. The number of hydrogen-bond donors (Lipinski definition) is 2. The highest BCUT2D eigenvalue weighted by Gasteiger charge is 2.19. The lowest BCUT2D eigenvalue weighted by molar-refractivity contribution is 0.0696. The van der Waals surface area contributed by atoms with Crippen molar-refractivity contribution in [3.8, 4) is 5.69 Å². The second-order valence-electron chi connectivity index (χ2n) is 8.40. The van der Waals surface area contributed by atoms with Gasteiger partial charge in [0.25, 0.3) is 5.91 Å². The van der Waals surface area contributed by atoms with Crippen LogP contribution in [0.25, 0.3) is 5.69 Å². The van der Waals surface area contributed by atoms with E-state index in [-0.39, 0.29) is 46.3 Å². The molecule has 0 atom stereocenters. The molecule has 0 aliphatic heterocycles. The van der Waals surface area contributed by atoms with Gasteiger partial charge in [0.1, 0.15) is 5.82 Å². The van der Waals surface area contributed by atoms with Crippen LogP contribution in [0, 0.1) is 5.82 Å². The molecule has 0 fully saturated rings. The number of carboxylic acid groups (broad SMARTS) is 1. The maximum atomic E-state index is 13.9. The fraction of sp³-hybridized carbons (Fsp3) is 0.154. The molecule has 0 aliphatic rings. The number of nitrogens with zero attached hydrogens (tertiary/aromatic N) is 4. The summed E-state index contributed by atoms with van der Waals surface area (Å²) in [4.78, 5) is 25.6. The number of aromatic nitrogens is 3. The zero-order valence-electron chi connectivity index (χ0n) is 20.3. The number of para-hydroxylation sites is 1. The lowest BCUT2D eigenvalue weighted by Gasteiger charge is -2.18. The van der Waals surface area contributed by atoms with Crippen LogP contribution in [0.3, 0.4) is 0 Å². The van der Waals surface area contributed by atoms with Gasteiger partial charge in [-0.25, -0.2) is 27.0 Å². The van der Waals surface area contributed by atoms with Crippen molar-refractivity contribution in [3.63, 3.8) is 0 Å². The molecule has 12 heteroatoms. The van der Waals surface area contributed by atoms with Gasteiger partial charge in [-0.05, 0) is 48.4 Å². The van der Waals surface area contributed by atoms with E-state index in [1.54, 1.807) is 43.4 Å². The number of carbonyl (C=O) groups is 2. The minimum atomic E-state index is -4.02. The molecule has 1 amide bonds. The minimum Gasteiger partial charge on any atom is -0.478 e. The molecule has 3 aromatic carbocycles. The van der Waals surface area contributed by atoms with Crippen LogP contribution >= 0.6 is 0 Å². The number of rotatable bonds is 10. The number of carbonyl (C=O) groups excluding carboxylic acids is 1. The summed E-state index contributed by atoms with van der Waals surface area (Å²) >= 11 is 0. The van der Waals surface area contributed by atoms with Crippen LogP contribution in [0.4, 0.5) is 4.39 Å². The molecule has 1 aromatic heterocycles. The van der Waals surface area contributed by atoms with E-state index in [9.17, 15) is 27.5 Å². The number of hydrogen-bond acceptors (Lipinski definition) is 6. The summed E-state index contributed by atoms with van der Waals surface area (Å²) in [5.74, 6) is -1.89. The first-order valence-electron chi connectivity index (χ1n) is 11.5. The van der Waals surface area contributed by atoms with E-state index in [4.69, 9.17) is 0 Å². The van der Waals surface area contributed by atoms with Gasteiger partial charge < -0.3 is 10.0 Å². The van der Waals surface area contributed by atoms with E-state index >= 15 is 0 Å². The summed E-state index contributed by atoms with van der Waals surface area (Å²) < 4.78 is 43.4. The number of amides is 1. The number of benzene rings is 3. The molecule has 0 spiro atoms. The molecule has 0 saturated heterocycles. The zero-order chi connectivity index (χ0) is 27.3. The molecule has 4 rings (SSSR count). The number of halogens is 1. The van der Waals surface area contributed by atoms with Crippen LogP contribution in [0.2, 0.25) is 0 Å². The van der Waals surface area contributed by atoms with Crippen molar-refractivity contribution in [2.75, 3.05) is 13.6 Å². The van der Waals surface area contributed by atoms with E-state index < -0.39 is 21.9 Å². The largest absolute Gasteiger partial charge is 0.478 e. The summed E-state index contributed by atoms with van der Waals surface area (Å²) in [5.41, 5.74) is 1.21. The Kier molecular flexibility index (Phi) is 7.93.